The van der Waals surface area contributed by atoms with E-state index in [1.807, 2.05) is 20.8 Å². The highest BCUT2D eigenvalue weighted by atomic mass is 35.5. The molecule has 0 spiro atoms. The third kappa shape index (κ3) is 7.57. The number of amidine groups is 2. The van der Waals surface area contributed by atoms with Gasteiger partial charge in [-0.15, -0.1) is 0 Å². The van der Waals surface area contributed by atoms with E-state index in [2.05, 4.69) is 66.1 Å². The SMILES string of the molecule is C=C(C)C(=C\C)/C=C/C(C1=N[C@H](C)NC(Cl)=N1)=C(/C)CCC/C=C\CC. The van der Waals surface area contributed by atoms with Crippen LogP contribution in [0.2, 0.25) is 0 Å². The van der Waals surface area contributed by atoms with Crippen LogP contribution in [-0.4, -0.2) is 17.3 Å². The van der Waals surface area contributed by atoms with Crippen molar-refractivity contribution < 1.29 is 0 Å². The number of allylic oxidation sites excluding steroid dienone is 7. The lowest BCUT2D eigenvalue weighted by Gasteiger charge is -2.18. The van der Waals surface area contributed by atoms with Gasteiger partial charge in [0, 0.05) is 5.57 Å². The molecule has 0 amide bonds. The molecular formula is C22H32ClN3. The van der Waals surface area contributed by atoms with Crippen LogP contribution in [0.25, 0.3) is 0 Å². The summed E-state index contributed by atoms with van der Waals surface area (Å²) in [5.41, 5.74) is 4.45. The van der Waals surface area contributed by atoms with Crippen LogP contribution < -0.4 is 5.32 Å². The van der Waals surface area contributed by atoms with Crippen molar-refractivity contribution >= 4 is 22.7 Å². The van der Waals surface area contributed by atoms with Gasteiger partial charge in [-0.05, 0) is 70.6 Å². The monoisotopic (exact) mass is 373 g/mol. The molecule has 3 nitrogen and oxygen atoms in total. The summed E-state index contributed by atoms with van der Waals surface area (Å²) in [6.45, 7) is 14.3. The molecule has 0 bridgehead atoms. The third-order valence-corrected chi connectivity index (χ3v) is 4.30. The first-order chi connectivity index (χ1) is 12.4. The molecule has 4 heteroatoms. The quantitative estimate of drug-likeness (QED) is 0.214. The largest absolute Gasteiger partial charge is 0.339 e. The molecule has 0 radical (unpaired) electrons. The maximum Gasteiger partial charge on any atom is 0.199 e. The number of hydrogen-bond acceptors (Lipinski definition) is 3. The molecule has 0 aromatic carbocycles. The van der Waals surface area contributed by atoms with Gasteiger partial charge in [0.25, 0.3) is 0 Å². The molecule has 1 heterocycles. The Balaban J connectivity index is 3.12. The Kier molecular flexibility index (Phi) is 9.97. The first-order valence-electron chi connectivity index (χ1n) is 9.32. The Morgan fingerprint density at radius 1 is 1.27 bits per heavy atom. The molecule has 1 rings (SSSR count). The molecule has 1 aliphatic heterocycles. The number of unbranched alkanes of at least 4 members (excludes halogenated alkanes) is 1. The predicted molar refractivity (Wildman–Crippen MR) is 117 cm³/mol. The van der Waals surface area contributed by atoms with Crippen LogP contribution in [-0.2, 0) is 0 Å². The Labute approximate surface area is 164 Å². The van der Waals surface area contributed by atoms with Crippen molar-refractivity contribution in [3.8, 4) is 0 Å². The van der Waals surface area contributed by atoms with Crippen molar-refractivity contribution in [2.75, 3.05) is 0 Å². The maximum absolute atomic E-state index is 6.13. The van der Waals surface area contributed by atoms with Gasteiger partial charge in [0.05, 0.1) is 0 Å². The fourth-order valence-electron chi connectivity index (χ4n) is 2.64. The Bertz CT molecular complexity index is 676. The molecule has 1 N–H and O–H groups in total. The maximum atomic E-state index is 6.13. The zero-order valence-electron chi connectivity index (χ0n) is 16.8. The molecule has 0 saturated carbocycles. The lowest BCUT2D eigenvalue weighted by atomic mass is 10.00. The second-order valence-electron chi connectivity index (χ2n) is 6.50. The number of hydrogen-bond donors (Lipinski definition) is 1. The van der Waals surface area contributed by atoms with Gasteiger partial charge < -0.3 is 5.32 Å². The highest BCUT2D eigenvalue weighted by Gasteiger charge is 2.15. The second-order valence-corrected chi connectivity index (χ2v) is 6.86. The van der Waals surface area contributed by atoms with Crippen LogP contribution in [0, 0.1) is 0 Å². The lowest BCUT2D eigenvalue weighted by Crippen LogP contribution is -2.33. The predicted octanol–water partition coefficient (Wildman–Crippen LogP) is 6.46. The van der Waals surface area contributed by atoms with E-state index in [4.69, 9.17) is 11.6 Å². The topological polar surface area (TPSA) is 36.8 Å². The highest BCUT2D eigenvalue weighted by molar-refractivity contribution is 6.65. The van der Waals surface area contributed by atoms with Crippen molar-refractivity contribution in [2.45, 2.75) is 66.5 Å². The number of rotatable bonds is 9. The van der Waals surface area contributed by atoms with E-state index < -0.39 is 0 Å². The summed E-state index contributed by atoms with van der Waals surface area (Å²) < 4.78 is 0. The van der Waals surface area contributed by atoms with Gasteiger partial charge in [0.15, 0.2) is 11.1 Å². The number of aliphatic imine (C=N–C) groups is 2. The van der Waals surface area contributed by atoms with Crippen LogP contribution in [0.15, 0.2) is 69.2 Å². The molecule has 0 aromatic rings. The van der Waals surface area contributed by atoms with E-state index in [0.717, 1.165) is 42.4 Å². The first-order valence-corrected chi connectivity index (χ1v) is 9.70. The number of nitrogens with one attached hydrogen (secondary N) is 1. The Hall–Kier alpha value is -1.87. The van der Waals surface area contributed by atoms with Crippen molar-refractivity contribution in [2.24, 2.45) is 9.98 Å². The zero-order valence-corrected chi connectivity index (χ0v) is 17.5. The first kappa shape index (κ1) is 22.2. The van der Waals surface area contributed by atoms with Gasteiger partial charge >= 0.3 is 0 Å². The average molecular weight is 374 g/mol. The van der Waals surface area contributed by atoms with Gasteiger partial charge in [0.2, 0.25) is 0 Å². The summed E-state index contributed by atoms with van der Waals surface area (Å²) in [5, 5.41) is 3.40. The van der Waals surface area contributed by atoms with E-state index in [-0.39, 0.29) is 6.17 Å². The van der Waals surface area contributed by atoms with E-state index in [1.54, 1.807) is 0 Å². The normalized spacial score (nSPS) is 19.3. The van der Waals surface area contributed by atoms with Crippen molar-refractivity contribution in [3.05, 3.63) is 59.3 Å². The second kappa shape index (κ2) is 11.7. The highest BCUT2D eigenvalue weighted by Crippen LogP contribution is 2.20. The number of nitrogens with zero attached hydrogens (tertiary/aromatic N) is 2. The molecule has 1 atom stereocenters. The van der Waals surface area contributed by atoms with Crippen LogP contribution in [0.4, 0.5) is 0 Å². The molecule has 26 heavy (non-hydrogen) atoms. The average Bonchev–Trinajstić information content (AvgIpc) is 2.57. The molecule has 0 aliphatic carbocycles. The van der Waals surface area contributed by atoms with Gasteiger partial charge in [-0.25, -0.2) is 9.98 Å². The summed E-state index contributed by atoms with van der Waals surface area (Å²) in [4.78, 5) is 9.05. The van der Waals surface area contributed by atoms with Crippen LogP contribution in [0.5, 0.6) is 0 Å². The van der Waals surface area contributed by atoms with E-state index in [1.165, 1.54) is 5.57 Å². The molecule has 0 saturated heterocycles. The van der Waals surface area contributed by atoms with E-state index in [9.17, 15) is 0 Å². The van der Waals surface area contributed by atoms with Crippen molar-refractivity contribution in [1.82, 2.24) is 5.32 Å². The summed E-state index contributed by atoms with van der Waals surface area (Å²) in [6, 6.07) is 0. The molecule has 142 valence electrons. The molecule has 0 aromatic heterocycles. The van der Waals surface area contributed by atoms with Gasteiger partial charge in [-0.2, -0.15) is 0 Å². The lowest BCUT2D eigenvalue weighted by molar-refractivity contribution is 0.696. The standard InChI is InChI=1S/C22H32ClN3/c1-7-9-10-11-12-13-17(5)20(15-14-19(8-2)16(3)4)21-24-18(6)25-22(23)26-21/h8-10,14-15,18H,3,7,11-13H2,1-2,4-6H3,(H,24,25,26)/b10-9-,15-14+,19-8-,20-17+/t18-/m0/s1. The van der Waals surface area contributed by atoms with Crippen molar-refractivity contribution in [3.63, 3.8) is 0 Å². The van der Waals surface area contributed by atoms with Gasteiger partial charge in [-0.3, -0.25) is 0 Å². The molecular weight excluding hydrogens is 342 g/mol. The van der Waals surface area contributed by atoms with Crippen molar-refractivity contribution in [1.29, 1.82) is 0 Å². The third-order valence-electron chi connectivity index (χ3n) is 4.11. The smallest absolute Gasteiger partial charge is 0.199 e. The number of halogens is 1. The fraction of sp³-hybridized carbons (Fsp3) is 0.455. The van der Waals surface area contributed by atoms with Crippen LogP contribution in [0.3, 0.4) is 0 Å². The minimum absolute atomic E-state index is 0.0824. The summed E-state index contributed by atoms with van der Waals surface area (Å²) in [5.74, 6) is 0.691. The minimum Gasteiger partial charge on any atom is -0.339 e. The summed E-state index contributed by atoms with van der Waals surface area (Å²) >= 11 is 6.13. The van der Waals surface area contributed by atoms with Gasteiger partial charge in [0.1, 0.15) is 6.17 Å². The van der Waals surface area contributed by atoms with Crippen LogP contribution in [0.1, 0.15) is 60.3 Å². The summed E-state index contributed by atoms with van der Waals surface area (Å²) in [7, 11) is 0. The van der Waals surface area contributed by atoms with E-state index in [0.29, 0.717) is 11.1 Å². The van der Waals surface area contributed by atoms with E-state index >= 15 is 0 Å². The minimum atomic E-state index is -0.0824. The Morgan fingerprint density at radius 3 is 2.58 bits per heavy atom. The van der Waals surface area contributed by atoms with Crippen LogP contribution >= 0.6 is 11.6 Å². The fourth-order valence-corrected chi connectivity index (χ4v) is 2.88. The molecule has 0 fully saturated rings. The Morgan fingerprint density at radius 2 is 2.00 bits per heavy atom. The molecule has 1 aliphatic rings. The van der Waals surface area contributed by atoms with Gasteiger partial charge in [-0.1, -0.05) is 55.0 Å². The summed E-state index contributed by atoms with van der Waals surface area (Å²) in [6.07, 6.45) is 14.9. The zero-order chi connectivity index (χ0) is 19.5. The molecule has 0 unspecified atom stereocenters.